The van der Waals surface area contributed by atoms with Gasteiger partial charge in [0, 0.05) is 0 Å². The molecule has 0 bridgehead atoms. The lowest BCUT2D eigenvalue weighted by atomic mass is 9.93. The summed E-state index contributed by atoms with van der Waals surface area (Å²) >= 11 is 0. The van der Waals surface area contributed by atoms with Gasteiger partial charge in [-0.3, -0.25) is 4.79 Å². The number of nitrogens with one attached hydrogen (secondary N) is 1. The molecule has 0 aliphatic carbocycles. The number of primary amides is 1. The molecule has 1 amide bonds. The predicted molar refractivity (Wildman–Crippen MR) is 64.8 cm³/mol. The highest BCUT2D eigenvalue weighted by atomic mass is 16.1. The Kier molecular flexibility index (Phi) is 7.48. The lowest BCUT2D eigenvalue weighted by Gasteiger charge is -2.21. The van der Waals surface area contributed by atoms with Crippen molar-refractivity contribution < 1.29 is 4.79 Å². The van der Waals surface area contributed by atoms with E-state index in [4.69, 9.17) is 13.6 Å². The first-order chi connectivity index (χ1) is 7.01. The van der Waals surface area contributed by atoms with E-state index in [1.165, 1.54) is 6.42 Å². The molecule has 3 N–H and O–H groups in total. The van der Waals surface area contributed by atoms with Gasteiger partial charge >= 0.3 is 0 Å². The lowest BCUT2D eigenvalue weighted by Crippen LogP contribution is -2.43. The largest absolute Gasteiger partial charge is 0.368 e. The van der Waals surface area contributed by atoms with Crippen molar-refractivity contribution in [2.45, 2.75) is 46.0 Å². The quantitative estimate of drug-likeness (QED) is 0.589. The first-order valence-electron chi connectivity index (χ1n) is 5.74. The third kappa shape index (κ3) is 6.55. The molecule has 2 atom stereocenters. The topological polar surface area (TPSA) is 55.1 Å². The average Bonchev–Trinajstić information content (AvgIpc) is 2.15. The van der Waals surface area contributed by atoms with Gasteiger partial charge in [-0.2, -0.15) is 0 Å². The van der Waals surface area contributed by atoms with Crippen LogP contribution in [0.4, 0.5) is 0 Å². The van der Waals surface area contributed by atoms with Crippen LogP contribution in [0, 0.1) is 11.8 Å². The van der Waals surface area contributed by atoms with E-state index in [2.05, 4.69) is 26.1 Å². The van der Waals surface area contributed by atoms with E-state index in [-0.39, 0.29) is 18.3 Å². The molecule has 0 aliphatic rings. The van der Waals surface area contributed by atoms with E-state index < -0.39 is 0 Å². The lowest BCUT2D eigenvalue weighted by molar-refractivity contribution is -0.119. The van der Waals surface area contributed by atoms with Gasteiger partial charge in [0.25, 0.3) is 0 Å². The zero-order valence-electron chi connectivity index (χ0n) is 10.1. The highest BCUT2D eigenvalue weighted by Crippen LogP contribution is 2.14. The summed E-state index contributed by atoms with van der Waals surface area (Å²) in [4.78, 5) is 10.9. The normalized spacial score (nSPS) is 15.2. The number of rotatable bonds is 8. The number of hydrogen-bond donors (Lipinski definition) is 2. The molecule has 0 saturated heterocycles. The maximum absolute atomic E-state index is 10.9. The molecular weight excluding hydrogens is 187 g/mol. The standard InChI is InChI=1S/C11H23BN2O/c1-4-9(5-8(2)3)7-14-10(6-12)11(13)15/h8-10,14H,4-7H2,1-3H3,(H2,13,15)/t9-,10?/m0/s1. The fourth-order valence-electron chi connectivity index (χ4n) is 1.67. The summed E-state index contributed by atoms with van der Waals surface area (Å²) in [5.41, 5.74) is 5.19. The molecule has 0 saturated carbocycles. The minimum Gasteiger partial charge on any atom is -0.368 e. The molecule has 0 rings (SSSR count). The first-order valence-corrected chi connectivity index (χ1v) is 5.74. The van der Waals surface area contributed by atoms with Crippen LogP contribution in [0.3, 0.4) is 0 Å². The maximum atomic E-state index is 10.9. The summed E-state index contributed by atoms with van der Waals surface area (Å²) < 4.78 is 0. The summed E-state index contributed by atoms with van der Waals surface area (Å²) in [5, 5.41) is 3.13. The highest BCUT2D eigenvalue weighted by Gasteiger charge is 2.14. The Morgan fingerprint density at radius 3 is 2.40 bits per heavy atom. The monoisotopic (exact) mass is 210 g/mol. The zero-order chi connectivity index (χ0) is 11.8. The average molecular weight is 210 g/mol. The molecule has 86 valence electrons. The van der Waals surface area contributed by atoms with Gasteiger partial charge in [0.05, 0.1) is 13.9 Å². The third-order valence-corrected chi connectivity index (χ3v) is 2.61. The van der Waals surface area contributed by atoms with Crippen molar-refractivity contribution in [2.24, 2.45) is 17.6 Å². The Labute approximate surface area is 94.6 Å². The summed E-state index contributed by atoms with van der Waals surface area (Å²) in [5.74, 6) is 0.914. The van der Waals surface area contributed by atoms with Gasteiger partial charge in [0.15, 0.2) is 0 Å². The Morgan fingerprint density at radius 1 is 1.47 bits per heavy atom. The highest BCUT2D eigenvalue weighted by molar-refractivity contribution is 6.11. The fourth-order valence-corrected chi connectivity index (χ4v) is 1.67. The van der Waals surface area contributed by atoms with Crippen molar-refractivity contribution in [3.8, 4) is 0 Å². The van der Waals surface area contributed by atoms with Gasteiger partial charge in [-0.1, -0.05) is 33.5 Å². The zero-order valence-corrected chi connectivity index (χ0v) is 10.1. The summed E-state index contributed by atoms with van der Waals surface area (Å²) in [6, 6.07) is -0.383. The second-order valence-electron chi connectivity index (χ2n) is 4.50. The van der Waals surface area contributed by atoms with E-state index in [0.29, 0.717) is 11.8 Å². The second-order valence-corrected chi connectivity index (χ2v) is 4.50. The minimum absolute atomic E-state index is 0.271. The van der Waals surface area contributed by atoms with Crippen LogP contribution in [-0.2, 0) is 4.79 Å². The Hall–Kier alpha value is -0.505. The molecule has 0 aliphatic heterocycles. The summed E-state index contributed by atoms with van der Waals surface area (Å²) in [6.45, 7) is 7.39. The van der Waals surface area contributed by atoms with Gasteiger partial charge in [-0.15, -0.1) is 0 Å². The molecule has 3 nitrogen and oxygen atoms in total. The molecule has 15 heavy (non-hydrogen) atoms. The third-order valence-electron chi connectivity index (χ3n) is 2.61. The van der Waals surface area contributed by atoms with Crippen LogP contribution in [0.5, 0.6) is 0 Å². The minimum atomic E-state index is -0.383. The molecule has 0 aromatic rings. The molecule has 0 spiro atoms. The maximum Gasteiger partial charge on any atom is 0.233 e. The number of carbonyl (C=O) groups is 1. The van der Waals surface area contributed by atoms with Crippen molar-refractivity contribution in [1.29, 1.82) is 0 Å². The Balaban J connectivity index is 3.92. The van der Waals surface area contributed by atoms with Crippen LogP contribution in [0.15, 0.2) is 0 Å². The van der Waals surface area contributed by atoms with Crippen LogP contribution in [0.1, 0.15) is 33.6 Å². The van der Waals surface area contributed by atoms with E-state index in [1.807, 2.05) is 0 Å². The molecule has 0 aromatic heterocycles. The second kappa shape index (κ2) is 7.74. The van der Waals surface area contributed by atoms with Gasteiger partial charge in [0.1, 0.15) is 0 Å². The Bertz CT molecular complexity index is 185. The van der Waals surface area contributed by atoms with Crippen molar-refractivity contribution in [3.05, 3.63) is 0 Å². The van der Waals surface area contributed by atoms with Crippen LogP contribution >= 0.6 is 0 Å². The van der Waals surface area contributed by atoms with Crippen molar-refractivity contribution in [1.82, 2.24) is 5.32 Å². The molecule has 0 fully saturated rings. The van der Waals surface area contributed by atoms with Gasteiger partial charge in [-0.05, 0) is 24.8 Å². The SMILES string of the molecule is [B]CC(NC[C@@H](CC)CC(C)C)C(N)=O. The van der Waals surface area contributed by atoms with E-state index in [1.54, 1.807) is 0 Å². The first kappa shape index (κ1) is 14.5. The fraction of sp³-hybridized carbons (Fsp3) is 0.909. The van der Waals surface area contributed by atoms with Crippen molar-refractivity contribution in [3.63, 3.8) is 0 Å². The smallest absolute Gasteiger partial charge is 0.233 e. The molecule has 1 unspecified atom stereocenters. The number of hydrogen-bond acceptors (Lipinski definition) is 2. The molecular formula is C11H23BN2O. The number of nitrogens with two attached hydrogens (primary N) is 1. The van der Waals surface area contributed by atoms with Crippen LogP contribution in [0.25, 0.3) is 0 Å². The van der Waals surface area contributed by atoms with E-state index in [9.17, 15) is 4.79 Å². The van der Waals surface area contributed by atoms with E-state index in [0.717, 1.165) is 13.0 Å². The van der Waals surface area contributed by atoms with Crippen molar-refractivity contribution in [2.75, 3.05) is 6.54 Å². The van der Waals surface area contributed by atoms with Crippen molar-refractivity contribution >= 4 is 13.8 Å². The summed E-state index contributed by atoms with van der Waals surface area (Å²) in [7, 11) is 5.44. The Morgan fingerprint density at radius 2 is 2.07 bits per heavy atom. The van der Waals surface area contributed by atoms with Gasteiger partial charge in [-0.25, -0.2) is 0 Å². The molecule has 2 radical (unpaired) electrons. The molecule has 4 heteroatoms. The predicted octanol–water partition coefficient (Wildman–Crippen LogP) is 1.09. The summed E-state index contributed by atoms with van der Waals surface area (Å²) in [6.07, 6.45) is 2.55. The number of carbonyl (C=O) groups excluding carboxylic acids is 1. The number of amides is 1. The molecule has 0 aromatic carbocycles. The van der Waals surface area contributed by atoms with Gasteiger partial charge < -0.3 is 11.1 Å². The molecule has 0 heterocycles. The van der Waals surface area contributed by atoms with Crippen LogP contribution < -0.4 is 11.1 Å². The van der Waals surface area contributed by atoms with Crippen LogP contribution in [-0.4, -0.2) is 26.3 Å². The van der Waals surface area contributed by atoms with Crippen LogP contribution in [0.2, 0.25) is 6.32 Å². The van der Waals surface area contributed by atoms with Gasteiger partial charge in [0.2, 0.25) is 5.91 Å². The van der Waals surface area contributed by atoms with E-state index >= 15 is 0 Å².